The van der Waals surface area contributed by atoms with E-state index in [-0.39, 0.29) is 24.3 Å². The van der Waals surface area contributed by atoms with Gasteiger partial charge in [-0.15, -0.1) is 0 Å². The molecular formula is C17H14N2O4. The third-order valence-corrected chi connectivity index (χ3v) is 3.21. The van der Waals surface area contributed by atoms with Gasteiger partial charge >= 0.3 is 0 Å². The lowest BCUT2D eigenvalue weighted by Gasteiger charge is -2.06. The zero-order valence-electron chi connectivity index (χ0n) is 12.1. The molecule has 116 valence electrons. The van der Waals surface area contributed by atoms with Crippen LogP contribution in [0.2, 0.25) is 0 Å². The van der Waals surface area contributed by atoms with Crippen LogP contribution in [0.1, 0.15) is 26.3 Å². The first-order chi connectivity index (χ1) is 11.0. The van der Waals surface area contributed by atoms with Gasteiger partial charge in [-0.2, -0.15) is 5.26 Å². The summed E-state index contributed by atoms with van der Waals surface area (Å²) in [6.07, 6.45) is 0.269. The number of Topliss-reactive ketones (excluding diaryl/α,β-unsaturated/α-hetero) is 1. The molecule has 2 aromatic carbocycles. The summed E-state index contributed by atoms with van der Waals surface area (Å²) in [5, 5.41) is 29.6. The van der Waals surface area contributed by atoms with Crippen molar-refractivity contribution in [2.24, 2.45) is 0 Å². The van der Waals surface area contributed by atoms with Crippen molar-refractivity contribution in [1.82, 2.24) is 5.32 Å². The van der Waals surface area contributed by atoms with Crippen LogP contribution < -0.4 is 5.32 Å². The molecule has 0 atom stereocenters. The van der Waals surface area contributed by atoms with Crippen molar-refractivity contribution in [2.75, 3.05) is 6.54 Å². The maximum absolute atomic E-state index is 12.0. The van der Waals surface area contributed by atoms with Crippen molar-refractivity contribution in [1.29, 1.82) is 5.26 Å². The van der Waals surface area contributed by atoms with E-state index in [1.54, 1.807) is 24.3 Å². The molecule has 1 amide bonds. The average molecular weight is 310 g/mol. The summed E-state index contributed by atoms with van der Waals surface area (Å²) >= 11 is 0. The van der Waals surface area contributed by atoms with Crippen molar-refractivity contribution in [3.8, 4) is 17.6 Å². The summed E-state index contributed by atoms with van der Waals surface area (Å²) in [5.74, 6) is -1.52. The fourth-order valence-electron chi connectivity index (χ4n) is 1.93. The first kappa shape index (κ1) is 16.0. The summed E-state index contributed by atoms with van der Waals surface area (Å²) < 4.78 is 0. The van der Waals surface area contributed by atoms with Crippen LogP contribution in [0.5, 0.6) is 11.5 Å². The highest BCUT2D eigenvalue weighted by Crippen LogP contribution is 2.24. The van der Waals surface area contributed by atoms with Gasteiger partial charge < -0.3 is 15.5 Å². The van der Waals surface area contributed by atoms with Crippen LogP contribution in [0, 0.1) is 11.3 Å². The zero-order valence-corrected chi connectivity index (χ0v) is 12.1. The average Bonchev–Trinajstić information content (AvgIpc) is 2.56. The number of phenolic OH excluding ortho intramolecular Hbond substituents is 2. The first-order valence-electron chi connectivity index (χ1n) is 6.80. The van der Waals surface area contributed by atoms with Gasteiger partial charge in [0.2, 0.25) is 0 Å². The molecule has 23 heavy (non-hydrogen) atoms. The number of phenols is 2. The molecule has 3 N–H and O–H groups in total. The topological polar surface area (TPSA) is 110 Å². The van der Waals surface area contributed by atoms with E-state index in [0.717, 1.165) is 11.6 Å². The van der Waals surface area contributed by atoms with E-state index >= 15 is 0 Å². The molecule has 0 unspecified atom stereocenters. The van der Waals surface area contributed by atoms with E-state index in [4.69, 9.17) is 5.26 Å². The number of ketones is 1. The minimum absolute atomic E-state index is 0.185. The Morgan fingerprint density at radius 1 is 1.00 bits per heavy atom. The second kappa shape index (κ2) is 7.09. The van der Waals surface area contributed by atoms with Gasteiger partial charge in [0, 0.05) is 11.1 Å². The summed E-state index contributed by atoms with van der Waals surface area (Å²) in [7, 11) is 0. The van der Waals surface area contributed by atoms with Crippen molar-refractivity contribution in [3.63, 3.8) is 0 Å². The number of hydrogen-bond donors (Lipinski definition) is 3. The molecule has 6 heteroatoms. The molecule has 0 saturated heterocycles. The lowest BCUT2D eigenvalue weighted by atomic mass is 10.1. The third-order valence-electron chi connectivity index (χ3n) is 3.21. The van der Waals surface area contributed by atoms with Crippen LogP contribution in [0.25, 0.3) is 0 Å². The molecule has 0 heterocycles. The SMILES string of the molecule is N#CCc1ccc(C(=O)NCC(=O)c2ccc(O)c(O)c2)cc1. The lowest BCUT2D eigenvalue weighted by Crippen LogP contribution is -2.29. The minimum atomic E-state index is -0.412. The second-order valence-electron chi connectivity index (χ2n) is 4.84. The number of nitrogens with one attached hydrogen (secondary N) is 1. The Balaban J connectivity index is 1.96. The van der Waals surface area contributed by atoms with E-state index in [2.05, 4.69) is 5.32 Å². The number of aromatic hydroxyl groups is 2. The highest BCUT2D eigenvalue weighted by Gasteiger charge is 2.11. The first-order valence-corrected chi connectivity index (χ1v) is 6.80. The van der Waals surface area contributed by atoms with Gasteiger partial charge in [-0.05, 0) is 35.9 Å². The fraction of sp³-hybridized carbons (Fsp3) is 0.118. The quantitative estimate of drug-likeness (QED) is 0.576. The van der Waals surface area contributed by atoms with Gasteiger partial charge in [-0.1, -0.05) is 12.1 Å². The van der Waals surface area contributed by atoms with Crippen molar-refractivity contribution >= 4 is 11.7 Å². The van der Waals surface area contributed by atoms with Crippen molar-refractivity contribution in [3.05, 3.63) is 59.2 Å². The van der Waals surface area contributed by atoms with Gasteiger partial charge in [0.1, 0.15) is 0 Å². The highest BCUT2D eigenvalue weighted by atomic mass is 16.3. The Morgan fingerprint density at radius 3 is 2.26 bits per heavy atom. The molecule has 0 bridgehead atoms. The van der Waals surface area contributed by atoms with Gasteiger partial charge in [-0.3, -0.25) is 9.59 Å². The van der Waals surface area contributed by atoms with Gasteiger partial charge in [0.05, 0.1) is 19.0 Å². The maximum atomic E-state index is 12.0. The summed E-state index contributed by atoms with van der Waals surface area (Å²) in [5.41, 5.74) is 1.37. The molecule has 0 saturated carbocycles. The predicted molar refractivity (Wildman–Crippen MR) is 82.2 cm³/mol. The largest absolute Gasteiger partial charge is 0.504 e. The monoisotopic (exact) mass is 310 g/mol. The van der Waals surface area contributed by atoms with E-state index in [9.17, 15) is 19.8 Å². The number of rotatable bonds is 5. The molecular weight excluding hydrogens is 296 g/mol. The van der Waals surface area contributed by atoms with Crippen LogP contribution in [0.3, 0.4) is 0 Å². The Kier molecular flexibility index (Phi) is 4.95. The van der Waals surface area contributed by atoms with E-state index in [1.165, 1.54) is 12.1 Å². The Morgan fingerprint density at radius 2 is 1.65 bits per heavy atom. The van der Waals surface area contributed by atoms with E-state index in [1.807, 2.05) is 6.07 Å². The second-order valence-corrected chi connectivity index (χ2v) is 4.84. The van der Waals surface area contributed by atoms with Crippen molar-refractivity contribution in [2.45, 2.75) is 6.42 Å². The molecule has 0 aliphatic rings. The van der Waals surface area contributed by atoms with Crippen LogP contribution in [0.4, 0.5) is 0 Å². The predicted octanol–water partition coefficient (Wildman–Crippen LogP) is 1.78. The van der Waals surface area contributed by atoms with Gasteiger partial charge in [0.15, 0.2) is 17.3 Å². The summed E-state index contributed by atoms with van der Waals surface area (Å²) in [4.78, 5) is 23.9. The smallest absolute Gasteiger partial charge is 0.251 e. The molecule has 2 rings (SSSR count). The standard InChI is InChI=1S/C17H14N2O4/c18-8-7-11-1-3-12(4-2-11)17(23)19-10-16(22)13-5-6-14(20)15(21)9-13/h1-6,9,20-21H,7,10H2,(H,19,23). The molecule has 0 spiro atoms. The fourth-order valence-corrected chi connectivity index (χ4v) is 1.93. The maximum Gasteiger partial charge on any atom is 0.251 e. The molecule has 0 aromatic heterocycles. The Bertz CT molecular complexity index is 776. The number of nitrogens with zero attached hydrogens (tertiary/aromatic N) is 1. The normalized spacial score (nSPS) is 9.87. The van der Waals surface area contributed by atoms with E-state index in [0.29, 0.717) is 5.56 Å². The number of benzene rings is 2. The van der Waals surface area contributed by atoms with Gasteiger partial charge in [-0.25, -0.2) is 0 Å². The van der Waals surface area contributed by atoms with Crippen molar-refractivity contribution < 1.29 is 19.8 Å². The van der Waals surface area contributed by atoms with Crippen LogP contribution >= 0.6 is 0 Å². The zero-order chi connectivity index (χ0) is 16.8. The number of nitriles is 1. The minimum Gasteiger partial charge on any atom is -0.504 e. The summed E-state index contributed by atoms with van der Waals surface area (Å²) in [6, 6.07) is 12.2. The number of hydrogen-bond acceptors (Lipinski definition) is 5. The number of amides is 1. The molecule has 0 aliphatic heterocycles. The van der Waals surface area contributed by atoms with Gasteiger partial charge in [0.25, 0.3) is 5.91 Å². The molecule has 0 fully saturated rings. The Hall–Kier alpha value is -3.33. The van der Waals surface area contributed by atoms with Crippen LogP contribution in [0.15, 0.2) is 42.5 Å². The molecule has 2 aromatic rings. The number of carbonyl (C=O) groups excluding carboxylic acids is 2. The number of carbonyl (C=O) groups is 2. The Labute approximate surface area is 132 Å². The van der Waals surface area contributed by atoms with Crippen LogP contribution in [-0.2, 0) is 6.42 Å². The summed E-state index contributed by atoms with van der Waals surface area (Å²) in [6.45, 7) is -0.233. The lowest BCUT2D eigenvalue weighted by molar-refractivity contribution is 0.0904. The van der Waals surface area contributed by atoms with E-state index < -0.39 is 17.4 Å². The molecule has 6 nitrogen and oxygen atoms in total. The highest BCUT2D eigenvalue weighted by molar-refractivity contribution is 6.02. The molecule has 0 radical (unpaired) electrons. The third kappa shape index (κ3) is 4.08. The molecule has 0 aliphatic carbocycles. The van der Waals surface area contributed by atoms with Crippen LogP contribution in [-0.4, -0.2) is 28.4 Å².